The second kappa shape index (κ2) is 6.55. The first kappa shape index (κ1) is 14.5. The van der Waals surface area contributed by atoms with E-state index in [0.717, 1.165) is 25.0 Å². The van der Waals surface area contributed by atoms with Crippen molar-refractivity contribution in [2.24, 2.45) is 11.8 Å². The maximum Gasteiger partial charge on any atom is 0.0844 e. The Morgan fingerprint density at radius 1 is 0.667 bits per heavy atom. The summed E-state index contributed by atoms with van der Waals surface area (Å²) in [5, 5.41) is 0. The molecule has 21 heavy (non-hydrogen) atoms. The maximum atomic E-state index is 5.83. The average molecular weight is 294 g/mol. The summed E-state index contributed by atoms with van der Waals surface area (Å²) in [6, 6.07) is 0. The van der Waals surface area contributed by atoms with Crippen LogP contribution in [0.25, 0.3) is 0 Å². The molecule has 2 aliphatic heterocycles. The Morgan fingerprint density at radius 3 is 1.67 bits per heavy atom. The molecule has 2 aliphatic carbocycles. The highest BCUT2D eigenvalue weighted by Gasteiger charge is 2.44. The lowest BCUT2D eigenvalue weighted by Gasteiger charge is -2.19. The van der Waals surface area contributed by atoms with Gasteiger partial charge in [-0.25, -0.2) is 0 Å². The van der Waals surface area contributed by atoms with Crippen LogP contribution in [-0.2, 0) is 14.2 Å². The monoisotopic (exact) mass is 294 g/mol. The molecule has 6 unspecified atom stereocenters. The topological polar surface area (TPSA) is 34.3 Å². The molecule has 0 amide bonds. The first-order chi connectivity index (χ1) is 10.4. The maximum absolute atomic E-state index is 5.83. The molecule has 4 rings (SSSR count). The molecule has 0 N–H and O–H groups in total. The van der Waals surface area contributed by atoms with E-state index in [-0.39, 0.29) is 0 Å². The first-order valence-corrected chi connectivity index (χ1v) is 9.27. The molecule has 0 aromatic heterocycles. The Balaban J connectivity index is 0.981. The lowest BCUT2D eigenvalue weighted by atomic mass is 9.86. The summed E-state index contributed by atoms with van der Waals surface area (Å²) >= 11 is 0. The average Bonchev–Trinajstić information content (AvgIpc) is 3.39. The van der Waals surface area contributed by atoms with Crippen LogP contribution in [-0.4, -0.2) is 37.6 Å². The van der Waals surface area contributed by atoms with Gasteiger partial charge in [0.25, 0.3) is 0 Å². The highest BCUT2D eigenvalue weighted by molar-refractivity contribution is 4.92. The Kier molecular flexibility index (Phi) is 4.52. The molecule has 2 saturated heterocycles. The van der Waals surface area contributed by atoms with Gasteiger partial charge in [-0.05, 0) is 76.0 Å². The Hall–Kier alpha value is -0.120. The van der Waals surface area contributed by atoms with E-state index in [1.165, 1.54) is 64.2 Å². The summed E-state index contributed by atoms with van der Waals surface area (Å²) in [5.74, 6) is 1.82. The van der Waals surface area contributed by atoms with E-state index < -0.39 is 0 Å². The molecule has 0 aromatic rings. The van der Waals surface area contributed by atoms with Crippen molar-refractivity contribution in [3.05, 3.63) is 0 Å². The fourth-order valence-electron chi connectivity index (χ4n) is 4.55. The molecule has 0 radical (unpaired) electrons. The summed E-state index contributed by atoms with van der Waals surface area (Å²) in [4.78, 5) is 0. The van der Waals surface area contributed by atoms with E-state index in [1.807, 2.05) is 0 Å². The SMILES string of the molecule is C(COCCCC1CCC2OC2C1)CC1CCC2OC2C1. The molecular formula is C18H30O3. The minimum atomic E-state index is 0.634. The van der Waals surface area contributed by atoms with Crippen molar-refractivity contribution in [1.82, 2.24) is 0 Å². The molecule has 4 fully saturated rings. The fraction of sp³-hybridized carbons (Fsp3) is 1.00. The lowest BCUT2D eigenvalue weighted by Crippen LogP contribution is -2.14. The number of ether oxygens (including phenoxy) is 3. The highest BCUT2D eigenvalue weighted by atomic mass is 16.6. The fourth-order valence-corrected chi connectivity index (χ4v) is 4.55. The Bertz CT molecular complexity index is 313. The first-order valence-electron chi connectivity index (χ1n) is 9.27. The number of fused-ring (bicyclic) bond motifs is 2. The number of rotatable bonds is 8. The third-order valence-electron chi connectivity index (χ3n) is 6.03. The van der Waals surface area contributed by atoms with Crippen molar-refractivity contribution in [2.75, 3.05) is 13.2 Å². The molecule has 4 aliphatic rings. The van der Waals surface area contributed by atoms with Crippen LogP contribution < -0.4 is 0 Å². The molecule has 0 bridgehead atoms. The molecule has 0 spiro atoms. The molecule has 3 nitrogen and oxygen atoms in total. The third-order valence-corrected chi connectivity index (χ3v) is 6.03. The van der Waals surface area contributed by atoms with Crippen molar-refractivity contribution in [3.8, 4) is 0 Å². The van der Waals surface area contributed by atoms with E-state index in [0.29, 0.717) is 24.4 Å². The van der Waals surface area contributed by atoms with Gasteiger partial charge < -0.3 is 14.2 Å². The van der Waals surface area contributed by atoms with Gasteiger partial charge in [-0.15, -0.1) is 0 Å². The minimum Gasteiger partial charge on any atom is -0.381 e. The van der Waals surface area contributed by atoms with Gasteiger partial charge >= 0.3 is 0 Å². The largest absolute Gasteiger partial charge is 0.381 e. The predicted molar refractivity (Wildman–Crippen MR) is 81.3 cm³/mol. The van der Waals surface area contributed by atoms with Crippen LogP contribution in [0.4, 0.5) is 0 Å². The molecule has 2 saturated carbocycles. The van der Waals surface area contributed by atoms with Crippen LogP contribution in [0.3, 0.4) is 0 Å². The van der Waals surface area contributed by atoms with Gasteiger partial charge in [0.2, 0.25) is 0 Å². The van der Waals surface area contributed by atoms with E-state index in [9.17, 15) is 0 Å². The zero-order chi connectivity index (χ0) is 14.1. The van der Waals surface area contributed by atoms with Gasteiger partial charge in [-0.1, -0.05) is 0 Å². The van der Waals surface area contributed by atoms with E-state index >= 15 is 0 Å². The van der Waals surface area contributed by atoms with Gasteiger partial charge in [-0.2, -0.15) is 0 Å². The minimum absolute atomic E-state index is 0.634. The predicted octanol–water partition coefficient (Wildman–Crippen LogP) is 3.70. The highest BCUT2D eigenvalue weighted by Crippen LogP contribution is 2.41. The lowest BCUT2D eigenvalue weighted by molar-refractivity contribution is 0.117. The molecule has 6 atom stereocenters. The second-order valence-corrected chi connectivity index (χ2v) is 7.68. The van der Waals surface area contributed by atoms with Crippen LogP contribution in [0.1, 0.15) is 64.2 Å². The van der Waals surface area contributed by atoms with Gasteiger partial charge in [0.05, 0.1) is 24.4 Å². The number of hydrogen-bond acceptors (Lipinski definition) is 3. The third kappa shape index (κ3) is 4.00. The van der Waals surface area contributed by atoms with Crippen LogP contribution in [0.5, 0.6) is 0 Å². The van der Waals surface area contributed by atoms with Crippen LogP contribution in [0.2, 0.25) is 0 Å². The Labute approximate surface area is 128 Å². The van der Waals surface area contributed by atoms with E-state index in [1.54, 1.807) is 0 Å². The van der Waals surface area contributed by atoms with Crippen LogP contribution >= 0.6 is 0 Å². The summed E-state index contributed by atoms with van der Waals surface area (Å²) < 4.78 is 17.0. The van der Waals surface area contributed by atoms with Gasteiger partial charge in [-0.3, -0.25) is 0 Å². The molecule has 0 aromatic carbocycles. The van der Waals surface area contributed by atoms with Crippen molar-refractivity contribution in [1.29, 1.82) is 0 Å². The van der Waals surface area contributed by atoms with Gasteiger partial charge in [0.1, 0.15) is 0 Å². The normalized spacial score (nSPS) is 44.0. The molecular weight excluding hydrogens is 264 g/mol. The Morgan fingerprint density at radius 2 is 1.19 bits per heavy atom. The van der Waals surface area contributed by atoms with Crippen molar-refractivity contribution in [2.45, 2.75) is 88.6 Å². The zero-order valence-electron chi connectivity index (χ0n) is 13.2. The van der Waals surface area contributed by atoms with E-state index in [4.69, 9.17) is 14.2 Å². The summed E-state index contributed by atoms with van der Waals surface area (Å²) in [5.41, 5.74) is 0. The van der Waals surface area contributed by atoms with Crippen molar-refractivity contribution in [3.63, 3.8) is 0 Å². The van der Waals surface area contributed by atoms with Crippen LogP contribution in [0, 0.1) is 11.8 Å². The summed E-state index contributed by atoms with van der Waals surface area (Å²) in [6.45, 7) is 1.92. The van der Waals surface area contributed by atoms with E-state index in [2.05, 4.69) is 0 Å². The number of epoxide rings is 2. The van der Waals surface area contributed by atoms with Gasteiger partial charge in [0.15, 0.2) is 0 Å². The molecule has 120 valence electrons. The van der Waals surface area contributed by atoms with Crippen LogP contribution in [0.15, 0.2) is 0 Å². The zero-order valence-corrected chi connectivity index (χ0v) is 13.2. The standard InChI is InChI=1S/C18H30O3/c1(3-13-5-7-15-17(11-13)20-15)9-19-10-2-4-14-6-8-16-18(12-14)21-16/h13-18H,1-12H2. The summed E-state index contributed by atoms with van der Waals surface area (Å²) in [6.07, 6.45) is 15.7. The van der Waals surface area contributed by atoms with Crippen molar-refractivity contribution >= 4 is 0 Å². The molecule has 3 heteroatoms. The molecule has 2 heterocycles. The number of hydrogen-bond donors (Lipinski definition) is 0. The smallest absolute Gasteiger partial charge is 0.0844 e. The van der Waals surface area contributed by atoms with Gasteiger partial charge in [0, 0.05) is 13.2 Å². The van der Waals surface area contributed by atoms with Crippen molar-refractivity contribution < 1.29 is 14.2 Å². The second-order valence-electron chi connectivity index (χ2n) is 7.68. The quantitative estimate of drug-likeness (QED) is 0.506. The summed E-state index contributed by atoms with van der Waals surface area (Å²) in [7, 11) is 0.